The van der Waals surface area contributed by atoms with Crippen LogP contribution >= 0.6 is 0 Å². The standard InChI is InChI=1S/C18H18N2O3/c1-3-6-10(2)14-12(9-19)17(20)23-16-11-7-4-5-8-13(11)22-18(21)15(14)16/h4-5,7-8,10,14H,3,6,20H2,1-2H3/t10-,14+/m1/s1. The highest BCUT2D eigenvalue weighted by atomic mass is 16.5. The van der Waals surface area contributed by atoms with Gasteiger partial charge in [0.15, 0.2) is 5.75 Å². The van der Waals surface area contributed by atoms with Gasteiger partial charge < -0.3 is 14.9 Å². The molecule has 0 saturated carbocycles. The molecule has 0 saturated heterocycles. The zero-order chi connectivity index (χ0) is 16.6. The Morgan fingerprint density at radius 3 is 2.83 bits per heavy atom. The Balaban J connectivity index is 2.32. The number of fused-ring (bicyclic) bond motifs is 3. The van der Waals surface area contributed by atoms with E-state index in [0.717, 1.165) is 12.8 Å². The summed E-state index contributed by atoms with van der Waals surface area (Å²) in [6.45, 7) is 4.08. The van der Waals surface area contributed by atoms with E-state index in [9.17, 15) is 10.1 Å². The van der Waals surface area contributed by atoms with Crippen LogP contribution in [0.25, 0.3) is 11.0 Å². The number of nitrogens with two attached hydrogens (primary N) is 1. The summed E-state index contributed by atoms with van der Waals surface area (Å²) in [4.78, 5) is 12.5. The molecule has 5 heteroatoms. The Bertz CT molecular complexity index is 889. The summed E-state index contributed by atoms with van der Waals surface area (Å²) in [6.07, 6.45) is 1.82. The molecule has 2 heterocycles. The molecule has 23 heavy (non-hydrogen) atoms. The molecule has 2 aromatic rings. The van der Waals surface area contributed by atoms with Gasteiger partial charge in [0.05, 0.1) is 16.5 Å². The minimum Gasteiger partial charge on any atom is -0.439 e. The molecule has 0 spiro atoms. The average Bonchev–Trinajstić information content (AvgIpc) is 2.54. The monoisotopic (exact) mass is 310 g/mol. The van der Waals surface area contributed by atoms with E-state index in [1.54, 1.807) is 12.1 Å². The number of hydrogen-bond donors (Lipinski definition) is 1. The predicted octanol–water partition coefficient (Wildman–Crippen LogP) is 3.40. The summed E-state index contributed by atoms with van der Waals surface area (Å²) in [7, 11) is 0. The van der Waals surface area contributed by atoms with E-state index >= 15 is 0 Å². The molecule has 0 fully saturated rings. The maximum absolute atomic E-state index is 12.5. The number of hydrogen-bond acceptors (Lipinski definition) is 5. The second-order valence-electron chi connectivity index (χ2n) is 5.86. The first-order valence-electron chi connectivity index (χ1n) is 7.71. The van der Waals surface area contributed by atoms with Gasteiger partial charge in [-0.2, -0.15) is 5.26 Å². The summed E-state index contributed by atoms with van der Waals surface area (Å²) < 4.78 is 11.1. The number of para-hydroxylation sites is 1. The van der Waals surface area contributed by atoms with Crippen LogP contribution < -0.4 is 16.1 Å². The van der Waals surface area contributed by atoms with Gasteiger partial charge in [0, 0.05) is 5.92 Å². The highest BCUT2D eigenvalue weighted by Crippen LogP contribution is 2.44. The van der Waals surface area contributed by atoms with Crippen molar-refractivity contribution in [1.29, 1.82) is 5.26 Å². The third kappa shape index (κ3) is 2.36. The molecule has 0 bridgehead atoms. The van der Waals surface area contributed by atoms with Crippen LogP contribution in [-0.2, 0) is 0 Å². The van der Waals surface area contributed by atoms with Crippen LogP contribution in [0.2, 0.25) is 0 Å². The van der Waals surface area contributed by atoms with Crippen LogP contribution in [0.5, 0.6) is 5.75 Å². The second-order valence-corrected chi connectivity index (χ2v) is 5.86. The molecule has 2 N–H and O–H groups in total. The molecule has 0 aliphatic carbocycles. The molecule has 1 aromatic carbocycles. The van der Waals surface area contributed by atoms with Gasteiger partial charge in [-0.25, -0.2) is 4.79 Å². The van der Waals surface area contributed by atoms with Crippen molar-refractivity contribution in [2.45, 2.75) is 32.6 Å². The first-order valence-corrected chi connectivity index (χ1v) is 7.71. The van der Waals surface area contributed by atoms with Crippen LogP contribution in [0.1, 0.15) is 38.2 Å². The molecule has 5 nitrogen and oxygen atoms in total. The minimum atomic E-state index is -0.466. The van der Waals surface area contributed by atoms with Crippen molar-refractivity contribution in [3.05, 3.63) is 51.7 Å². The molecule has 0 unspecified atom stereocenters. The summed E-state index contributed by atoms with van der Waals surface area (Å²) in [5.74, 6) is 0.175. The van der Waals surface area contributed by atoms with Crippen LogP contribution in [0.15, 0.2) is 44.9 Å². The summed E-state index contributed by atoms with van der Waals surface area (Å²) >= 11 is 0. The molecule has 1 aromatic heterocycles. The number of rotatable bonds is 3. The normalized spacial score (nSPS) is 18.2. The summed E-state index contributed by atoms with van der Waals surface area (Å²) in [5, 5.41) is 10.2. The maximum Gasteiger partial charge on any atom is 0.343 e. The highest BCUT2D eigenvalue weighted by Gasteiger charge is 2.37. The molecule has 0 radical (unpaired) electrons. The SMILES string of the molecule is CCC[C@@H](C)[C@H]1C(C#N)=C(N)Oc2c1c(=O)oc1ccccc21. The van der Waals surface area contributed by atoms with Gasteiger partial charge >= 0.3 is 5.63 Å². The zero-order valence-electron chi connectivity index (χ0n) is 13.1. The van der Waals surface area contributed by atoms with Gasteiger partial charge in [-0.3, -0.25) is 0 Å². The number of benzene rings is 1. The van der Waals surface area contributed by atoms with Crippen molar-refractivity contribution in [3.63, 3.8) is 0 Å². The third-order valence-electron chi connectivity index (χ3n) is 4.33. The number of allylic oxidation sites excluding steroid dienone is 1. The van der Waals surface area contributed by atoms with Crippen LogP contribution in [-0.4, -0.2) is 0 Å². The Morgan fingerprint density at radius 1 is 1.39 bits per heavy atom. The number of nitrogens with zero attached hydrogens (tertiary/aromatic N) is 1. The predicted molar refractivity (Wildman–Crippen MR) is 86.8 cm³/mol. The lowest BCUT2D eigenvalue weighted by atomic mass is 9.78. The smallest absolute Gasteiger partial charge is 0.343 e. The van der Waals surface area contributed by atoms with Gasteiger partial charge in [-0.1, -0.05) is 38.8 Å². The maximum atomic E-state index is 12.5. The van der Waals surface area contributed by atoms with Crippen molar-refractivity contribution >= 4 is 11.0 Å². The molecule has 1 aliphatic heterocycles. The first kappa shape index (κ1) is 15.2. The quantitative estimate of drug-likeness (QED) is 0.878. The number of ether oxygens (including phenoxy) is 1. The van der Waals surface area contributed by atoms with Gasteiger partial charge in [-0.15, -0.1) is 0 Å². The second kappa shape index (κ2) is 5.81. The fraction of sp³-hybridized carbons (Fsp3) is 0.333. The van der Waals surface area contributed by atoms with Crippen molar-refractivity contribution < 1.29 is 9.15 Å². The Hall–Kier alpha value is -2.74. The first-order chi connectivity index (χ1) is 11.1. The molecular formula is C18H18N2O3. The van der Waals surface area contributed by atoms with Gasteiger partial charge in [-0.05, 0) is 18.1 Å². The number of nitriles is 1. The Labute approximate surface area is 134 Å². The topological polar surface area (TPSA) is 89.3 Å². The van der Waals surface area contributed by atoms with Gasteiger partial charge in [0.25, 0.3) is 0 Å². The van der Waals surface area contributed by atoms with Gasteiger partial charge in [0.1, 0.15) is 11.7 Å². The molecule has 2 atom stereocenters. The molecule has 1 aliphatic rings. The minimum absolute atomic E-state index is 0.0729. The lowest BCUT2D eigenvalue weighted by molar-refractivity contribution is 0.351. The lowest BCUT2D eigenvalue weighted by Gasteiger charge is -2.29. The van der Waals surface area contributed by atoms with E-state index in [1.807, 2.05) is 19.1 Å². The fourth-order valence-electron chi connectivity index (χ4n) is 3.29. The molecule has 0 amide bonds. The molecule has 3 rings (SSSR count). The third-order valence-corrected chi connectivity index (χ3v) is 4.33. The van der Waals surface area contributed by atoms with Crippen molar-refractivity contribution in [2.75, 3.05) is 0 Å². The molecule has 118 valence electrons. The van der Waals surface area contributed by atoms with E-state index in [4.69, 9.17) is 14.9 Å². The largest absolute Gasteiger partial charge is 0.439 e. The van der Waals surface area contributed by atoms with E-state index in [0.29, 0.717) is 27.9 Å². The molecular weight excluding hydrogens is 292 g/mol. The van der Waals surface area contributed by atoms with E-state index < -0.39 is 11.5 Å². The average molecular weight is 310 g/mol. The summed E-state index contributed by atoms with van der Waals surface area (Å²) in [5.41, 5.74) is 6.66. The van der Waals surface area contributed by atoms with E-state index in [2.05, 4.69) is 13.0 Å². The zero-order valence-corrected chi connectivity index (χ0v) is 13.1. The van der Waals surface area contributed by atoms with Crippen molar-refractivity contribution in [3.8, 4) is 11.8 Å². The fourth-order valence-corrected chi connectivity index (χ4v) is 3.29. The van der Waals surface area contributed by atoms with Crippen LogP contribution in [0, 0.1) is 17.2 Å². The van der Waals surface area contributed by atoms with E-state index in [-0.39, 0.29) is 11.8 Å². The summed E-state index contributed by atoms with van der Waals surface area (Å²) in [6, 6.07) is 9.28. The van der Waals surface area contributed by atoms with Crippen molar-refractivity contribution in [2.24, 2.45) is 11.7 Å². The Kier molecular flexibility index (Phi) is 3.83. The van der Waals surface area contributed by atoms with Gasteiger partial charge in [0.2, 0.25) is 5.88 Å². The highest BCUT2D eigenvalue weighted by molar-refractivity contribution is 5.85. The van der Waals surface area contributed by atoms with Crippen LogP contribution in [0.3, 0.4) is 0 Å². The van der Waals surface area contributed by atoms with Crippen LogP contribution in [0.4, 0.5) is 0 Å². The van der Waals surface area contributed by atoms with E-state index in [1.165, 1.54) is 0 Å². The lowest BCUT2D eigenvalue weighted by Crippen LogP contribution is -2.29. The van der Waals surface area contributed by atoms with Crippen molar-refractivity contribution in [1.82, 2.24) is 0 Å². The Morgan fingerprint density at radius 2 is 2.13 bits per heavy atom.